The van der Waals surface area contributed by atoms with Gasteiger partial charge in [0, 0.05) is 6.04 Å². The van der Waals surface area contributed by atoms with E-state index >= 15 is 0 Å². The van der Waals surface area contributed by atoms with Gasteiger partial charge < -0.3 is 4.74 Å². The number of ether oxygens (including phenoxy) is 1. The first-order valence-electron chi connectivity index (χ1n) is 8.91. The van der Waals surface area contributed by atoms with Crippen molar-refractivity contribution >= 4 is 12.2 Å². The van der Waals surface area contributed by atoms with E-state index in [9.17, 15) is 4.79 Å². The number of allylic oxidation sites excluding steroid dienone is 1. The molecular weight excluding hydrogens is 298 g/mol. The van der Waals surface area contributed by atoms with Crippen LogP contribution in [0.2, 0.25) is 0 Å². The van der Waals surface area contributed by atoms with E-state index in [1.807, 2.05) is 25.7 Å². The van der Waals surface area contributed by atoms with Crippen molar-refractivity contribution in [1.29, 1.82) is 0 Å². The standard InChI is InChI=1S/C21H25NO2/c1-21(2,3)24-20(23)22-18-8-9-19(22)13-17(12-18)16-10-14-6-4-5-7-15(14)11-16/h4-7,10,12,18-19H,8-9,11,13H2,1-3H3. The van der Waals surface area contributed by atoms with Crippen molar-refractivity contribution in [2.75, 3.05) is 0 Å². The van der Waals surface area contributed by atoms with E-state index in [1.54, 1.807) is 0 Å². The number of nitrogens with zero attached hydrogens (tertiary/aromatic N) is 1. The van der Waals surface area contributed by atoms with Crippen LogP contribution in [0.4, 0.5) is 4.79 Å². The lowest BCUT2D eigenvalue weighted by molar-refractivity contribution is 0.0168. The summed E-state index contributed by atoms with van der Waals surface area (Å²) in [7, 11) is 0. The Morgan fingerprint density at radius 2 is 1.96 bits per heavy atom. The summed E-state index contributed by atoms with van der Waals surface area (Å²) < 4.78 is 5.61. The van der Waals surface area contributed by atoms with Crippen LogP contribution in [0.5, 0.6) is 0 Å². The van der Waals surface area contributed by atoms with Crippen molar-refractivity contribution < 1.29 is 9.53 Å². The van der Waals surface area contributed by atoms with Gasteiger partial charge in [0.15, 0.2) is 0 Å². The molecule has 3 nitrogen and oxygen atoms in total. The largest absolute Gasteiger partial charge is 0.444 e. The van der Waals surface area contributed by atoms with Crippen LogP contribution >= 0.6 is 0 Å². The average Bonchev–Trinajstić information content (AvgIpc) is 3.04. The molecule has 126 valence electrons. The number of fused-ring (bicyclic) bond motifs is 3. The normalized spacial score (nSPS) is 25.2. The minimum absolute atomic E-state index is 0.158. The van der Waals surface area contributed by atoms with Crippen LogP contribution < -0.4 is 0 Å². The molecule has 2 aliphatic heterocycles. The summed E-state index contributed by atoms with van der Waals surface area (Å²) in [6, 6.07) is 9.09. The van der Waals surface area contributed by atoms with E-state index in [2.05, 4.69) is 36.4 Å². The van der Waals surface area contributed by atoms with Crippen LogP contribution in [0, 0.1) is 0 Å². The first kappa shape index (κ1) is 15.5. The van der Waals surface area contributed by atoms with E-state index in [1.165, 1.54) is 22.3 Å². The fourth-order valence-corrected chi connectivity index (χ4v) is 4.15. The molecule has 2 bridgehead atoms. The van der Waals surface area contributed by atoms with E-state index in [4.69, 9.17) is 4.74 Å². The molecule has 0 spiro atoms. The second-order valence-electron chi connectivity index (χ2n) is 8.13. The van der Waals surface area contributed by atoms with Crippen molar-refractivity contribution in [3.63, 3.8) is 0 Å². The van der Waals surface area contributed by atoms with E-state index in [0.717, 1.165) is 25.7 Å². The van der Waals surface area contributed by atoms with E-state index < -0.39 is 5.60 Å². The third kappa shape index (κ3) is 2.77. The maximum atomic E-state index is 12.5. The molecule has 1 saturated heterocycles. The van der Waals surface area contributed by atoms with E-state index in [-0.39, 0.29) is 18.2 Å². The Balaban J connectivity index is 1.54. The van der Waals surface area contributed by atoms with Gasteiger partial charge in [-0.05, 0) is 68.7 Å². The van der Waals surface area contributed by atoms with Gasteiger partial charge in [0.1, 0.15) is 5.60 Å². The highest BCUT2D eigenvalue weighted by Crippen LogP contribution is 2.40. The van der Waals surface area contributed by atoms with Crippen LogP contribution in [0.15, 0.2) is 41.5 Å². The van der Waals surface area contributed by atoms with Gasteiger partial charge in [0.05, 0.1) is 6.04 Å². The molecule has 0 aromatic heterocycles. The van der Waals surface area contributed by atoms with Gasteiger partial charge >= 0.3 is 6.09 Å². The number of carbonyl (C=O) groups is 1. The highest BCUT2D eigenvalue weighted by molar-refractivity contribution is 5.72. The Bertz CT molecular complexity index is 738. The molecule has 1 aromatic carbocycles. The monoisotopic (exact) mass is 323 g/mol. The molecule has 4 rings (SSSR count). The number of hydrogen-bond donors (Lipinski definition) is 0. The Kier molecular flexibility index (Phi) is 3.56. The number of carbonyl (C=O) groups excluding carboxylic acids is 1. The Morgan fingerprint density at radius 1 is 1.17 bits per heavy atom. The molecule has 2 unspecified atom stereocenters. The molecule has 24 heavy (non-hydrogen) atoms. The zero-order chi connectivity index (χ0) is 16.9. The maximum absolute atomic E-state index is 12.5. The summed E-state index contributed by atoms with van der Waals surface area (Å²) in [6.45, 7) is 5.79. The van der Waals surface area contributed by atoms with Crippen molar-refractivity contribution in [3.8, 4) is 0 Å². The molecule has 3 heteroatoms. The van der Waals surface area contributed by atoms with Gasteiger partial charge in [0.25, 0.3) is 0 Å². The molecule has 3 aliphatic rings. The van der Waals surface area contributed by atoms with E-state index in [0.29, 0.717) is 0 Å². The number of amides is 1. The predicted octanol–water partition coefficient (Wildman–Crippen LogP) is 4.72. The van der Waals surface area contributed by atoms with Crippen molar-refractivity contribution in [3.05, 3.63) is 52.6 Å². The molecule has 0 N–H and O–H groups in total. The van der Waals surface area contributed by atoms with Crippen LogP contribution in [0.1, 0.15) is 51.2 Å². The molecule has 2 atom stereocenters. The second-order valence-corrected chi connectivity index (χ2v) is 8.13. The third-order valence-electron chi connectivity index (χ3n) is 5.18. The van der Waals surface area contributed by atoms with Gasteiger partial charge in [-0.2, -0.15) is 0 Å². The molecule has 1 fully saturated rings. The molecule has 1 aromatic rings. The molecule has 1 aliphatic carbocycles. The topological polar surface area (TPSA) is 29.5 Å². The summed E-state index contributed by atoms with van der Waals surface area (Å²) in [6.07, 6.45) is 8.57. The summed E-state index contributed by atoms with van der Waals surface area (Å²) in [5, 5.41) is 0. The molecule has 0 radical (unpaired) electrons. The zero-order valence-corrected chi connectivity index (χ0v) is 14.7. The quantitative estimate of drug-likeness (QED) is 0.748. The van der Waals surface area contributed by atoms with Crippen LogP contribution in [0.25, 0.3) is 6.08 Å². The minimum Gasteiger partial charge on any atom is -0.444 e. The van der Waals surface area contributed by atoms with Crippen molar-refractivity contribution in [1.82, 2.24) is 4.90 Å². The zero-order valence-electron chi connectivity index (χ0n) is 14.7. The number of hydrogen-bond acceptors (Lipinski definition) is 2. The summed E-state index contributed by atoms with van der Waals surface area (Å²) in [4.78, 5) is 14.5. The minimum atomic E-state index is -0.434. The van der Waals surface area contributed by atoms with Crippen LogP contribution in [-0.4, -0.2) is 28.7 Å². The van der Waals surface area contributed by atoms with Gasteiger partial charge in [0.2, 0.25) is 0 Å². The molecular formula is C21H25NO2. The summed E-state index contributed by atoms with van der Waals surface area (Å²) in [5.74, 6) is 0. The fourth-order valence-electron chi connectivity index (χ4n) is 4.15. The lowest BCUT2D eigenvalue weighted by Gasteiger charge is -2.35. The second kappa shape index (κ2) is 5.51. The first-order valence-corrected chi connectivity index (χ1v) is 8.91. The van der Waals surface area contributed by atoms with Crippen molar-refractivity contribution in [2.45, 2.75) is 64.1 Å². The lowest BCUT2D eigenvalue weighted by Crippen LogP contribution is -2.45. The predicted molar refractivity (Wildman–Crippen MR) is 95.7 cm³/mol. The smallest absolute Gasteiger partial charge is 0.411 e. The fraction of sp³-hybridized carbons (Fsp3) is 0.476. The summed E-state index contributed by atoms with van der Waals surface area (Å²) >= 11 is 0. The highest BCUT2D eigenvalue weighted by Gasteiger charge is 2.42. The lowest BCUT2D eigenvalue weighted by atomic mass is 9.93. The highest BCUT2D eigenvalue weighted by atomic mass is 16.6. The first-order chi connectivity index (χ1) is 11.4. The number of benzene rings is 1. The Morgan fingerprint density at radius 3 is 2.67 bits per heavy atom. The Hall–Kier alpha value is -2.03. The van der Waals surface area contributed by atoms with Crippen molar-refractivity contribution in [2.24, 2.45) is 0 Å². The van der Waals surface area contributed by atoms with Crippen LogP contribution in [0.3, 0.4) is 0 Å². The maximum Gasteiger partial charge on any atom is 0.411 e. The van der Waals surface area contributed by atoms with Gasteiger partial charge in [-0.1, -0.05) is 36.4 Å². The third-order valence-corrected chi connectivity index (χ3v) is 5.18. The molecule has 0 saturated carbocycles. The van der Waals surface area contributed by atoms with Gasteiger partial charge in [-0.3, -0.25) is 4.90 Å². The molecule has 1 amide bonds. The average molecular weight is 323 g/mol. The summed E-state index contributed by atoms with van der Waals surface area (Å²) in [5.41, 5.74) is 5.18. The van der Waals surface area contributed by atoms with Gasteiger partial charge in [-0.15, -0.1) is 0 Å². The number of rotatable bonds is 1. The molecule has 2 heterocycles. The SMILES string of the molecule is CC(C)(C)OC(=O)N1C2C=C(C3=Cc4ccccc4C3)CC1CC2. The Labute approximate surface area is 144 Å². The van der Waals surface area contributed by atoms with Crippen LogP contribution in [-0.2, 0) is 11.2 Å². The van der Waals surface area contributed by atoms with Gasteiger partial charge in [-0.25, -0.2) is 4.79 Å².